The highest BCUT2D eigenvalue weighted by Gasteiger charge is 2.19. The van der Waals surface area contributed by atoms with Gasteiger partial charge < -0.3 is 14.6 Å². The van der Waals surface area contributed by atoms with Crippen LogP contribution in [0.5, 0.6) is 5.75 Å². The number of thioether (sulfide) groups is 1. The van der Waals surface area contributed by atoms with E-state index in [-0.39, 0.29) is 11.2 Å². The third kappa shape index (κ3) is 4.65. The summed E-state index contributed by atoms with van der Waals surface area (Å²) in [6.45, 7) is 2.32. The van der Waals surface area contributed by atoms with Crippen molar-refractivity contribution in [1.29, 1.82) is 0 Å². The SMILES string of the molecule is COc1ccc(CNC(=O)[C@@H](C)Sc2nnc(-c3ccncc3)n2C)cc1. The van der Waals surface area contributed by atoms with Crippen molar-refractivity contribution in [1.82, 2.24) is 25.1 Å². The van der Waals surface area contributed by atoms with E-state index in [9.17, 15) is 4.79 Å². The number of rotatable bonds is 7. The fourth-order valence-electron chi connectivity index (χ4n) is 2.46. The molecule has 3 aromatic rings. The van der Waals surface area contributed by atoms with Crippen LogP contribution in [0.2, 0.25) is 0 Å². The smallest absolute Gasteiger partial charge is 0.233 e. The number of hydrogen-bond acceptors (Lipinski definition) is 6. The average molecular weight is 383 g/mol. The maximum atomic E-state index is 12.4. The van der Waals surface area contributed by atoms with Gasteiger partial charge in [0.1, 0.15) is 5.75 Å². The normalized spacial score (nSPS) is 11.8. The first-order valence-electron chi connectivity index (χ1n) is 8.45. The van der Waals surface area contributed by atoms with Crippen molar-refractivity contribution < 1.29 is 9.53 Å². The molecule has 0 fully saturated rings. The van der Waals surface area contributed by atoms with Crippen LogP contribution in [0.4, 0.5) is 0 Å². The van der Waals surface area contributed by atoms with E-state index < -0.39 is 0 Å². The van der Waals surface area contributed by atoms with Crippen molar-refractivity contribution in [2.45, 2.75) is 23.9 Å². The second kappa shape index (κ2) is 8.68. The number of hydrogen-bond donors (Lipinski definition) is 1. The Labute approximate surface area is 162 Å². The molecule has 0 bridgehead atoms. The highest BCUT2D eigenvalue weighted by molar-refractivity contribution is 8.00. The van der Waals surface area contributed by atoms with E-state index >= 15 is 0 Å². The lowest BCUT2D eigenvalue weighted by atomic mass is 10.2. The quantitative estimate of drug-likeness (QED) is 0.632. The van der Waals surface area contributed by atoms with Crippen molar-refractivity contribution in [2.24, 2.45) is 7.05 Å². The van der Waals surface area contributed by atoms with Gasteiger partial charge >= 0.3 is 0 Å². The summed E-state index contributed by atoms with van der Waals surface area (Å²) in [5.41, 5.74) is 1.95. The molecule has 8 heteroatoms. The lowest BCUT2D eigenvalue weighted by Crippen LogP contribution is -2.30. The van der Waals surface area contributed by atoms with E-state index in [2.05, 4.69) is 20.5 Å². The zero-order chi connectivity index (χ0) is 19.2. The van der Waals surface area contributed by atoms with Crippen molar-refractivity contribution in [3.63, 3.8) is 0 Å². The maximum absolute atomic E-state index is 12.4. The summed E-state index contributed by atoms with van der Waals surface area (Å²) in [7, 11) is 3.52. The highest BCUT2D eigenvalue weighted by atomic mass is 32.2. The second-order valence-corrected chi connectivity index (χ2v) is 7.24. The molecule has 1 aromatic carbocycles. The number of carbonyl (C=O) groups excluding carboxylic acids is 1. The van der Waals surface area contributed by atoms with E-state index in [1.165, 1.54) is 11.8 Å². The molecule has 0 saturated heterocycles. The molecule has 140 valence electrons. The predicted molar refractivity (Wildman–Crippen MR) is 104 cm³/mol. The van der Waals surface area contributed by atoms with E-state index in [1.54, 1.807) is 19.5 Å². The zero-order valence-corrected chi connectivity index (χ0v) is 16.2. The summed E-state index contributed by atoms with van der Waals surface area (Å²) in [5.74, 6) is 1.48. The molecule has 0 aliphatic carbocycles. The van der Waals surface area contributed by atoms with Gasteiger partial charge in [-0.05, 0) is 36.8 Å². The first-order chi connectivity index (χ1) is 13.1. The number of carbonyl (C=O) groups is 1. The molecular formula is C19H21N5O2S. The Kier molecular flexibility index (Phi) is 6.08. The van der Waals surface area contributed by atoms with Crippen LogP contribution in [0.25, 0.3) is 11.4 Å². The van der Waals surface area contributed by atoms with Crippen LogP contribution in [0.15, 0.2) is 53.9 Å². The van der Waals surface area contributed by atoms with Gasteiger partial charge in [0, 0.05) is 31.5 Å². The second-order valence-electron chi connectivity index (χ2n) is 5.93. The number of amides is 1. The molecule has 0 saturated carbocycles. The predicted octanol–water partition coefficient (Wildman–Crippen LogP) is 2.68. The van der Waals surface area contributed by atoms with Crippen LogP contribution in [-0.2, 0) is 18.4 Å². The van der Waals surface area contributed by atoms with Crippen molar-refractivity contribution in [2.75, 3.05) is 7.11 Å². The summed E-state index contributed by atoms with van der Waals surface area (Å²) < 4.78 is 7.02. The third-order valence-electron chi connectivity index (χ3n) is 4.05. The summed E-state index contributed by atoms with van der Waals surface area (Å²) >= 11 is 1.38. The van der Waals surface area contributed by atoms with E-state index in [1.807, 2.05) is 54.9 Å². The Morgan fingerprint density at radius 2 is 1.89 bits per heavy atom. The standard InChI is InChI=1S/C19H21N5O2S/c1-13(18(25)21-12-14-4-6-16(26-3)7-5-14)27-19-23-22-17(24(19)2)15-8-10-20-11-9-15/h4-11,13H,12H2,1-3H3,(H,21,25)/t13-/m1/s1. The van der Waals surface area contributed by atoms with Crippen LogP contribution < -0.4 is 10.1 Å². The number of methoxy groups -OCH3 is 1. The van der Waals surface area contributed by atoms with Gasteiger partial charge in [0.2, 0.25) is 5.91 Å². The average Bonchev–Trinajstić information content (AvgIpc) is 3.07. The van der Waals surface area contributed by atoms with E-state index in [4.69, 9.17) is 4.74 Å². The molecule has 2 heterocycles. The Hall–Kier alpha value is -2.87. The Morgan fingerprint density at radius 3 is 2.56 bits per heavy atom. The molecule has 2 aromatic heterocycles. The summed E-state index contributed by atoms with van der Waals surface area (Å²) in [4.78, 5) is 16.4. The number of nitrogens with zero attached hydrogens (tertiary/aromatic N) is 4. The first-order valence-corrected chi connectivity index (χ1v) is 9.33. The molecule has 0 aliphatic heterocycles. The van der Waals surface area contributed by atoms with E-state index in [0.717, 1.165) is 22.7 Å². The van der Waals surface area contributed by atoms with Gasteiger partial charge in [0.05, 0.1) is 12.4 Å². The Morgan fingerprint density at radius 1 is 1.19 bits per heavy atom. The largest absolute Gasteiger partial charge is 0.497 e. The zero-order valence-electron chi connectivity index (χ0n) is 15.4. The Balaban J connectivity index is 1.59. The molecule has 0 unspecified atom stereocenters. The topological polar surface area (TPSA) is 81.9 Å². The van der Waals surface area contributed by atoms with Gasteiger partial charge in [-0.15, -0.1) is 10.2 Å². The fourth-order valence-corrected chi connectivity index (χ4v) is 3.30. The van der Waals surface area contributed by atoms with Crippen LogP contribution in [-0.4, -0.2) is 38.0 Å². The molecule has 1 N–H and O–H groups in total. The van der Waals surface area contributed by atoms with Crippen LogP contribution in [0.3, 0.4) is 0 Å². The maximum Gasteiger partial charge on any atom is 0.233 e. The van der Waals surface area contributed by atoms with Gasteiger partial charge in [0.15, 0.2) is 11.0 Å². The molecular weight excluding hydrogens is 362 g/mol. The highest BCUT2D eigenvalue weighted by Crippen LogP contribution is 2.25. The monoisotopic (exact) mass is 383 g/mol. The molecule has 0 radical (unpaired) electrons. The van der Waals surface area contributed by atoms with Crippen LogP contribution in [0, 0.1) is 0 Å². The Bertz CT molecular complexity index is 896. The van der Waals surface area contributed by atoms with Crippen molar-refractivity contribution >= 4 is 17.7 Å². The molecule has 3 rings (SSSR count). The van der Waals surface area contributed by atoms with Gasteiger partial charge in [-0.3, -0.25) is 9.78 Å². The minimum absolute atomic E-state index is 0.0516. The number of benzene rings is 1. The minimum atomic E-state index is -0.295. The number of ether oxygens (including phenoxy) is 1. The molecule has 1 atom stereocenters. The van der Waals surface area contributed by atoms with Crippen molar-refractivity contribution in [3.8, 4) is 17.1 Å². The number of pyridine rings is 1. The van der Waals surface area contributed by atoms with E-state index in [0.29, 0.717) is 11.7 Å². The third-order valence-corrected chi connectivity index (χ3v) is 5.18. The number of aromatic nitrogens is 4. The number of nitrogens with one attached hydrogen (secondary N) is 1. The van der Waals surface area contributed by atoms with Gasteiger partial charge in [0.25, 0.3) is 0 Å². The molecule has 0 aliphatic rings. The van der Waals surface area contributed by atoms with Gasteiger partial charge in [-0.25, -0.2) is 0 Å². The first kappa shape index (κ1) is 18.9. The molecule has 1 amide bonds. The van der Waals surface area contributed by atoms with Gasteiger partial charge in [-0.2, -0.15) is 0 Å². The van der Waals surface area contributed by atoms with Gasteiger partial charge in [-0.1, -0.05) is 23.9 Å². The lowest BCUT2D eigenvalue weighted by Gasteiger charge is -2.12. The fraction of sp³-hybridized carbons (Fsp3) is 0.263. The summed E-state index contributed by atoms with van der Waals surface area (Å²) in [6, 6.07) is 11.4. The molecule has 27 heavy (non-hydrogen) atoms. The summed E-state index contributed by atoms with van der Waals surface area (Å²) in [5, 5.41) is 11.8. The van der Waals surface area contributed by atoms with Crippen molar-refractivity contribution in [3.05, 3.63) is 54.4 Å². The minimum Gasteiger partial charge on any atom is -0.497 e. The van der Waals surface area contributed by atoms with Crippen LogP contribution >= 0.6 is 11.8 Å². The molecule has 0 spiro atoms. The molecule has 7 nitrogen and oxygen atoms in total. The summed E-state index contributed by atoms with van der Waals surface area (Å²) in [6.07, 6.45) is 3.43. The van der Waals surface area contributed by atoms with Crippen LogP contribution in [0.1, 0.15) is 12.5 Å². The lowest BCUT2D eigenvalue weighted by molar-refractivity contribution is -0.120.